The van der Waals surface area contributed by atoms with Gasteiger partial charge in [0.1, 0.15) is 5.75 Å². The van der Waals surface area contributed by atoms with Gasteiger partial charge in [-0.2, -0.15) is 0 Å². The molecule has 1 atom stereocenters. The summed E-state index contributed by atoms with van der Waals surface area (Å²) in [6, 6.07) is 8.50. The zero-order valence-electron chi connectivity index (χ0n) is 11.6. The number of thiazole rings is 1. The molecule has 0 saturated carbocycles. The van der Waals surface area contributed by atoms with Crippen LogP contribution in [-0.2, 0) is 6.42 Å². The lowest BCUT2D eigenvalue weighted by molar-refractivity contribution is 0.413. The summed E-state index contributed by atoms with van der Waals surface area (Å²) in [5.74, 6) is 0.904. The van der Waals surface area contributed by atoms with Gasteiger partial charge in [0.25, 0.3) is 0 Å². The van der Waals surface area contributed by atoms with E-state index in [0.29, 0.717) is 6.04 Å². The third-order valence-corrected chi connectivity index (χ3v) is 3.91. The fraction of sp³-hybridized carbons (Fsp3) is 0.400. The minimum absolute atomic E-state index is 0.315. The first kappa shape index (κ1) is 14.0. The van der Waals surface area contributed by atoms with Gasteiger partial charge in [-0.1, -0.05) is 12.1 Å². The third-order valence-electron chi connectivity index (χ3n) is 3.09. The summed E-state index contributed by atoms with van der Waals surface area (Å²) in [6.45, 7) is 5.14. The van der Waals surface area contributed by atoms with Crippen LogP contribution in [-0.4, -0.2) is 18.6 Å². The number of nitrogens with one attached hydrogen (secondary N) is 1. The van der Waals surface area contributed by atoms with Gasteiger partial charge < -0.3 is 10.1 Å². The maximum atomic E-state index is 5.25. The number of benzene rings is 1. The van der Waals surface area contributed by atoms with Crippen LogP contribution in [0.15, 0.2) is 29.6 Å². The van der Waals surface area contributed by atoms with Crippen LogP contribution >= 0.6 is 11.3 Å². The maximum absolute atomic E-state index is 5.25. The van der Waals surface area contributed by atoms with Crippen molar-refractivity contribution in [1.29, 1.82) is 0 Å². The summed E-state index contributed by atoms with van der Waals surface area (Å²) >= 11 is 1.71. The summed E-state index contributed by atoms with van der Waals surface area (Å²) in [4.78, 5) is 4.47. The lowest BCUT2D eigenvalue weighted by Crippen LogP contribution is -2.21. The number of methoxy groups -OCH3 is 1. The van der Waals surface area contributed by atoms with Crippen molar-refractivity contribution in [2.75, 3.05) is 13.7 Å². The lowest BCUT2D eigenvalue weighted by Gasteiger charge is -2.14. The van der Waals surface area contributed by atoms with Gasteiger partial charge in [-0.05, 0) is 31.5 Å². The highest BCUT2D eigenvalue weighted by molar-refractivity contribution is 7.09. The minimum atomic E-state index is 0.315. The Kier molecular flexibility index (Phi) is 4.93. The normalized spacial score (nSPS) is 12.4. The van der Waals surface area contributed by atoms with Gasteiger partial charge in [0.2, 0.25) is 0 Å². The van der Waals surface area contributed by atoms with Crippen molar-refractivity contribution >= 4 is 11.3 Å². The van der Waals surface area contributed by atoms with Crippen LogP contribution in [0.3, 0.4) is 0 Å². The second-order valence-electron chi connectivity index (χ2n) is 4.56. The predicted molar refractivity (Wildman–Crippen MR) is 80.0 cm³/mol. The molecule has 2 rings (SSSR count). The number of aryl methyl sites for hydroxylation is 1. The van der Waals surface area contributed by atoms with Crippen LogP contribution in [0.25, 0.3) is 0 Å². The van der Waals surface area contributed by atoms with Gasteiger partial charge in [0.05, 0.1) is 17.8 Å². The first-order valence-corrected chi connectivity index (χ1v) is 7.35. The minimum Gasteiger partial charge on any atom is -0.497 e. The standard InChI is InChI=1S/C15H20N2OS/c1-11(13-5-4-6-15(9-13)18-3)16-8-7-14-10-19-12(2)17-14/h4-6,9-11,16H,7-8H2,1-3H3. The SMILES string of the molecule is COc1cccc(C(C)NCCc2csc(C)n2)c1. The second kappa shape index (κ2) is 6.68. The van der Waals surface area contributed by atoms with Crippen molar-refractivity contribution in [2.24, 2.45) is 0 Å². The van der Waals surface area contributed by atoms with Crippen LogP contribution in [0.2, 0.25) is 0 Å². The van der Waals surface area contributed by atoms with E-state index in [9.17, 15) is 0 Å². The van der Waals surface area contributed by atoms with Crippen molar-refractivity contribution in [3.8, 4) is 5.75 Å². The summed E-state index contributed by atoms with van der Waals surface area (Å²) in [5.41, 5.74) is 2.42. The molecule has 1 aromatic carbocycles. The molecule has 0 aliphatic rings. The molecular weight excluding hydrogens is 256 g/mol. The quantitative estimate of drug-likeness (QED) is 0.878. The molecule has 2 aromatic rings. The molecule has 0 spiro atoms. The van der Waals surface area contributed by atoms with E-state index in [4.69, 9.17) is 4.74 Å². The van der Waals surface area contributed by atoms with E-state index in [1.807, 2.05) is 19.1 Å². The van der Waals surface area contributed by atoms with Crippen LogP contribution in [0, 0.1) is 6.92 Å². The molecule has 0 amide bonds. The molecule has 0 aliphatic carbocycles. The Hall–Kier alpha value is -1.39. The number of nitrogens with zero attached hydrogens (tertiary/aromatic N) is 1. The summed E-state index contributed by atoms with van der Waals surface area (Å²) in [6.07, 6.45) is 0.971. The van der Waals surface area contributed by atoms with E-state index in [1.54, 1.807) is 18.4 Å². The van der Waals surface area contributed by atoms with E-state index in [-0.39, 0.29) is 0 Å². The van der Waals surface area contributed by atoms with Crippen LogP contribution in [0.1, 0.15) is 29.2 Å². The number of rotatable bonds is 6. The van der Waals surface area contributed by atoms with Crippen molar-refractivity contribution in [3.05, 3.63) is 45.9 Å². The molecule has 0 radical (unpaired) electrons. The van der Waals surface area contributed by atoms with Gasteiger partial charge in [-0.3, -0.25) is 0 Å². The molecule has 0 aliphatic heterocycles. The largest absolute Gasteiger partial charge is 0.497 e. The Labute approximate surface area is 118 Å². The second-order valence-corrected chi connectivity index (χ2v) is 5.62. The first-order chi connectivity index (χ1) is 9.19. The Morgan fingerprint density at radius 3 is 2.95 bits per heavy atom. The average Bonchev–Trinajstić information content (AvgIpc) is 2.84. The van der Waals surface area contributed by atoms with Gasteiger partial charge in [-0.15, -0.1) is 11.3 Å². The summed E-state index contributed by atoms with van der Waals surface area (Å²) in [5, 5.41) is 6.78. The predicted octanol–water partition coefficient (Wildman–Crippen LogP) is 3.35. The molecule has 102 valence electrons. The molecule has 1 unspecified atom stereocenters. The zero-order valence-corrected chi connectivity index (χ0v) is 12.5. The molecule has 0 bridgehead atoms. The lowest BCUT2D eigenvalue weighted by atomic mass is 10.1. The van der Waals surface area contributed by atoms with Crippen LogP contribution in [0.4, 0.5) is 0 Å². The molecule has 0 fully saturated rings. The van der Waals surface area contributed by atoms with E-state index in [0.717, 1.165) is 23.7 Å². The Morgan fingerprint density at radius 2 is 2.26 bits per heavy atom. The van der Waals surface area contributed by atoms with Gasteiger partial charge in [-0.25, -0.2) is 4.98 Å². The van der Waals surface area contributed by atoms with Crippen molar-refractivity contribution < 1.29 is 4.74 Å². The van der Waals surface area contributed by atoms with E-state index in [2.05, 4.69) is 34.7 Å². The Balaban J connectivity index is 1.85. The fourth-order valence-electron chi connectivity index (χ4n) is 1.97. The molecule has 19 heavy (non-hydrogen) atoms. The molecule has 1 heterocycles. The van der Waals surface area contributed by atoms with E-state index in [1.165, 1.54) is 11.3 Å². The van der Waals surface area contributed by atoms with Gasteiger partial charge in [0, 0.05) is 24.4 Å². The van der Waals surface area contributed by atoms with Crippen LogP contribution < -0.4 is 10.1 Å². The highest BCUT2D eigenvalue weighted by Gasteiger charge is 2.06. The van der Waals surface area contributed by atoms with E-state index < -0.39 is 0 Å². The molecule has 0 saturated heterocycles. The number of hydrogen-bond donors (Lipinski definition) is 1. The topological polar surface area (TPSA) is 34.1 Å². The van der Waals surface area contributed by atoms with E-state index >= 15 is 0 Å². The molecule has 3 nitrogen and oxygen atoms in total. The molecule has 4 heteroatoms. The monoisotopic (exact) mass is 276 g/mol. The third kappa shape index (κ3) is 4.04. The number of hydrogen-bond acceptors (Lipinski definition) is 4. The Morgan fingerprint density at radius 1 is 1.42 bits per heavy atom. The maximum Gasteiger partial charge on any atom is 0.119 e. The number of aromatic nitrogens is 1. The summed E-state index contributed by atoms with van der Waals surface area (Å²) in [7, 11) is 1.70. The first-order valence-electron chi connectivity index (χ1n) is 6.47. The summed E-state index contributed by atoms with van der Waals surface area (Å²) < 4.78 is 5.25. The zero-order chi connectivity index (χ0) is 13.7. The van der Waals surface area contributed by atoms with Crippen LogP contribution in [0.5, 0.6) is 5.75 Å². The van der Waals surface area contributed by atoms with Crippen molar-refractivity contribution in [1.82, 2.24) is 10.3 Å². The smallest absolute Gasteiger partial charge is 0.119 e. The van der Waals surface area contributed by atoms with Gasteiger partial charge in [0.15, 0.2) is 0 Å². The average molecular weight is 276 g/mol. The fourth-order valence-corrected chi connectivity index (χ4v) is 2.62. The van der Waals surface area contributed by atoms with Gasteiger partial charge >= 0.3 is 0 Å². The Bertz CT molecular complexity index is 524. The molecular formula is C15H20N2OS. The van der Waals surface area contributed by atoms with Crippen molar-refractivity contribution in [2.45, 2.75) is 26.3 Å². The highest BCUT2D eigenvalue weighted by Crippen LogP contribution is 2.18. The number of ether oxygens (including phenoxy) is 1. The van der Waals surface area contributed by atoms with Crippen molar-refractivity contribution in [3.63, 3.8) is 0 Å². The molecule has 1 aromatic heterocycles. The highest BCUT2D eigenvalue weighted by atomic mass is 32.1. The molecule has 1 N–H and O–H groups in total.